The Morgan fingerprint density at radius 2 is 0.906 bits per heavy atom. The molecular formula is C57H36N6S. The summed E-state index contributed by atoms with van der Waals surface area (Å²) < 4.78 is 7.35. The van der Waals surface area contributed by atoms with Gasteiger partial charge in [-0.05, 0) is 71.8 Å². The number of fused-ring (bicyclic) bond motifs is 10. The zero-order valence-electron chi connectivity index (χ0n) is 34.4. The van der Waals surface area contributed by atoms with Crippen LogP contribution in [0.3, 0.4) is 0 Å². The number of anilines is 1. The molecule has 0 bridgehead atoms. The highest BCUT2D eigenvalue weighted by atomic mass is 32.1. The van der Waals surface area contributed by atoms with Crippen molar-refractivity contribution >= 4 is 80.8 Å². The van der Waals surface area contributed by atoms with E-state index in [2.05, 4.69) is 173 Å². The summed E-state index contributed by atoms with van der Waals surface area (Å²) in [6.45, 7) is 0. The second-order valence-corrected chi connectivity index (χ2v) is 17.3. The first-order valence-corrected chi connectivity index (χ1v) is 22.2. The third-order valence-corrected chi connectivity index (χ3v) is 13.7. The van der Waals surface area contributed by atoms with Crippen LogP contribution in [0.2, 0.25) is 0 Å². The average molecular weight is 837 g/mol. The van der Waals surface area contributed by atoms with Crippen LogP contribution in [0.15, 0.2) is 206 Å². The molecule has 0 aliphatic rings. The fraction of sp³-hybridized carbons (Fsp3) is 0. The lowest BCUT2D eigenvalue weighted by molar-refractivity contribution is 1.07. The SMILES string of the molecule is Nc1cc(-c2nc(-c3ccccc3)nc(-c3ccc(-c4ccccc4)cc3)n2)ccc1-n1c2ccccc2c2ccc3c(c4ccccc4n3-c3ccc4sc5ccccc5c4c3)c21. The predicted molar refractivity (Wildman–Crippen MR) is 268 cm³/mol. The summed E-state index contributed by atoms with van der Waals surface area (Å²) in [5.41, 5.74) is 19.3. The Kier molecular flexibility index (Phi) is 8.13. The van der Waals surface area contributed by atoms with Crippen molar-refractivity contribution in [3.63, 3.8) is 0 Å². The Hall–Kier alpha value is -8.39. The maximum absolute atomic E-state index is 7.25. The molecule has 0 aliphatic carbocycles. The van der Waals surface area contributed by atoms with E-state index < -0.39 is 0 Å². The topological polar surface area (TPSA) is 74.6 Å². The summed E-state index contributed by atoms with van der Waals surface area (Å²) >= 11 is 1.84. The van der Waals surface area contributed by atoms with Gasteiger partial charge in [0.2, 0.25) is 0 Å². The van der Waals surface area contributed by atoms with Crippen molar-refractivity contribution in [2.45, 2.75) is 0 Å². The highest BCUT2D eigenvalue weighted by Crippen LogP contribution is 2.44. The Balaban J connectivity index is 0.994. The molecule has 300 valence electrons. The van der Waals surface area contributed by atoms with Crippen LogP contribution in [-0.4, -0.2) is 24.1 Å². The average Bonchev–Trinajstić information content (AvgIpc) is 4.02. The normalized spacial score (nSPS) is 11.8. The standard InChI is InChI=1S/C57H36N6S/c58-46-33-39(57-60-55(37-15-5-2-6-16-37)59-56(61-57)38-25-23-36(24-26-38)35-13-3-1-4-14-35)27-30-49(46)63-47-20-10-7-17-41(47)43-29-31-50-53(54(43)63)44-19-8-11-21-48(44)62(50)40-28-32-52-45(34-40)42-18-9-12-22-51(42)64-52/h1-34H,58H2. The molecule has 0 saturated carbocycles. The quantitative estimate of drug-likeness (QED) is 0.169. The molecule has 7 heteroatoms. The van der Waals surface area contributed by atoms with Gasteiger partial charge in [0.25, 0.3) is 0 Å². The van der Waals surface area contributed by atoms with Crippen molar-refractivity contribution in [1.82, 2.24) is 24.1 Å². The molecule has 0 spiro atoms. The molecule has 0 amide bonds. The summed E-state index contributed by atoms with van der Waals surface area (Å²) in [6, 6.07) is 72.6. The third kappa shape index (κ3) is 5.68. The van der Waals surface area contributed by atoms with Crippen molar-refractivity contribution in [3.05, 3.63) is 206 Å². The Morgan fingerprint density at radius 3 is 1.64 bits per heavy atom. The molecule has 64 heavy (non-hydrogen) atoms. The lowest BCUT2D eigenvalue weighted by atomic mass is 10.0. The molecule has 0 radical (unpaired) electrons. The van der Waals surface area contributed by atoms with Gasteiger partial charge in [-0.1, -0.05) is 146 Å². The maximum atomic E-state index is 7.25. The number of hydrogen-bond donors (Lipinski definition) is 1. The molecule has 0 unspecified atom stereocenters. The van der Waals surface area contributed by atoms with Crippen LogP contribution in [0, 0.1) is 0 Å². The number of nitrogens with zero attached hydrogens (tertiary/aromatic N) is 5. The van der Waals surface area contributed by atoms with Crippen molar-refractivity contribution in [3.8, 4) is 56.7 Å². The molecule has 4 heterocycles. The van der Waals surface area contributed by atoms with Crippen LogP contribution < -0.4 is 5.73 Å². The number of nitrogen functional groups attached to an aromatic ring is 1. The van der Waals surface area contributed by atoms with E-state index in [1.807, 2.05) is 53.8 Å². The number of rotatable bonds is 6. The molecule has 2 N–H and O–H groups in total. The van der Waals surface area contributed by atoms with Gasteiger partial charge in [0, 0.05) is 64.1 Å². The fourth-order valence-electron chi connectivity index (χ4n) is 9.58. The monoisotopic (exact) mass is 836 g/mol. The Labute approximate surface area is 371 Å². The molecule has 0 fully saturated rings. The zero-order valence-corrected chi connectivity index (χ0v) is 35.2. The van der Waals surface area contributed by atoms with Crippen LogP contribution in [0.4, 0.5) is 5.69 Å². The van der Waals surface area contributed by atoms with Gasteiger partial charge >= 0.3 is 0 Å². The van der Waals surface area contributed by atoms with Crippen LogP contribution in [-0.2, 0) is 0 Å². The van der Waals surface area contributed by atoms with E-state index >= 15 is 0 Å². The second-order valence-electron chi connectivity index (χ2n) is 16.2. The van der Waals surface area contributed by atoms with Gasteiger partial charge in [0.15, 0.2) is 17.5 Å². The molecule has 9 aromatic carbocycles. The molecule has 13 rings (SSSR count). The van der Waals surface area contributed by atoms with E-state index in [4.69, 9.17) is 20.7 Å². The number of nitrogens with two attached hydrogens (primary N) is 1. The van der Waals surface area contributed by atoms with E-state index in [1.165, 1.54) is 41.7 Å². The summed E-state index contributed by atoms with van der Waals surface area (Å²) in [4.78, 5) is 15.1. The van der Waals surface area contributed by atoms with Crippen LogP contribution in [0.5, 0.6) is 0 Å². The van der Waals surface area contributed by atoms with Crippen LogP contribution in [0.1, 0.15) is 0 Å². The Morgan fingerprint density at radius 1 is 0.359 bits per heavy atom. The Bertz CT molecular complexity index is 3960. The number of aromatic nitrogens is 5. The van der Waals surface area contributed by atoms with E-state index in [-0.39, 0.29) is 0 Å². The maximum Gasteiger partial charge on any atom is 0.164 e. The van der Waals surface area contributed by atoms with Crippen LogP contribution in [0.25, 0.3) is 120 Å². The summed E-state index contributed by atoms with van der Waals surface area (Å²) in [7, 11) is 0. The minimum atomic E-state index is 0.553. The largest absolute Gasteiger partial charge is 0.397 e. The van der Waals surface area contributed by atoms with E-state index in [1.54, 1.807) is 0 Å². The molecule has 0 aliphatic heterocycles. The van der Waals surface area contributed by atoms with Gasteiger partial charge in [-0.3, -0.25) is 0 Å². The van der Waals surface area contributed by atoms with E-state index in [9.17, 15) is 0 Å². The van der Waals surface area contributed by atoms with Crippen molar-refractivity contribution in [2.75, 3.05) is 5.73 Å². The van der Waals surface area contributed by atoms with Gasteiger partial charge in [-0.2, -0.15) is 0 Å². The first-order valence-electron chi connectivity index (χ1n) is 21.4. The van der Waals surface area contributed by atoms with Gasteiger partial charge in [-0.25, -0.2) is 15.0 Å². The van der Waals surface area contributed by atoms with E-state index in [0.717, 1.165) is 61.3 Å². The zero-order chi connectivity index (χ0) is 42.3. The number of thiophene rings is 1. The molecule has 6 nitrogen and oxygen atoms in total. The van der Waals surface area contributed by atoms with Gasteiger partial charge in [0.05, 0.1) is 33.4 Å². The molecule has 0 atom stereocenters. The third-order valence-electron chi connectivity index (χ3n) is 12.5. The highest BCUT2D eigenvalue weighted by molar-refractivity contribution is 7.25. The molecule has 0 saturated heterocycles. The molecular weight excluding hydrogens is 801 g/mol. The number of para-hydroxylation sites is 2. The fourth-order valence-corrected chi connectivity index (χ4v) is 10.7. The smallest absolute Gasteiger partial charge is 0.164 e. The van der Waals surface area contributed by atoms with Crippen molar-refractivity contribution < 1.29 is 0 Å². The lowest BCUT2D eigenvalue weighted by Crippen LogP contribution is -2.03. The first kappa shape index (κ1) is 36.3. The van der Waals surface area contributed by atoms with Crippen LogP contribution >= 0.6 is 11.3 Å². The first-order chi connectivity index (χ1) is 31.6. The second kappa shape index (κ2) is 14.3. The minimum Gasteiger partial charge on any atom is -0.397 e. The van der Waals surface area contributed by atoms with Crippen molar-refractivity contribution in [1.29, 1.82) is 0 Å². The van der Waals surface area contributed by atoms with Crippen molar-refractivity contribution in [2.24, 2.45) is 0 Å². The highest BCUT2D eigenvalue weighted by Gasteiger charge is 2.23. The summed E-state index contributed by atoms with van der Waals surface area (Å²) in [5, 5.41) is 7.25. The van der Waals surface area contributed by atoms with Gasteiger partial charge in [0.1, 0.15) is 0 Å². The van der Waals surface area contributed by atoms with E-state index in [0.29, 0.717) is 23.2 Å². The lowest BCUT2D eigenvalue weighted by Gasteiger charge is -2.14. The minimum absolute atomic E-state index is 0.553. The molecule has 13 aromatic rings. The summed E-state index contributed by atoms with van der Waals surface area (Å²) in [5.74, 6) is 1.75. The number of benzene rings is 9. The van der Waals surface area contributed by atoms with Gasteiger partial charge < -0.3 is 14.9 Å². The number of hydrogen-bond acceptors (Lipinski definition) is 5. The molecule has 4 aromatic heterocycles. The summed E-state index contributed by atoms with van der Waals surface area (Å²) in [6.07, 6.45) is 0. The predicted octanol–water partition coefficient (Wildman–Crippen LogP) is 14.7. The van der Waals surface area contributed by atoms with Gasteiger partial charge in [-0.15, -0.1) is 11.3 Å².